The van der Waals surface area contributed by atoms with E-state index < -0.39 is 0 Å². The van der Waals surface area contributed by atoms with Crippen LogP contribution in [0, 0.1) is 0 Å². The van der Waals surface area contributed by atoms with Gasteiger partial charge in [-0.25, -0.2) is 4.79 Å². The second-order valence-corrected chi connectivity index (χ2v) is 5.09. The molecule has 2 N–H and O–H groups in total. The molecule has 0 radical (unpaired) electrons. The topological polar surface area (TPSA) is 41.1 Å². The quantitative estimate of drug-likeness (QED) is 0.873. The van der Waals surface area contributed by atoms with Crippen molar-refractivity contribution in [3.8, 4) is 0 Å². The Hall–Kier alpha value is -2.55. The maximum atomic E-state index is 12.0. The van der Waals surface area contributed by atoms with Crippen molar-refractivity contribution in [2.24, 2.45) is 0 Å². The van der Waals surface area contributed by atoms with Crippen LogP contribution in [0.3, 0.4) is 0 Å². The molecule has 0 aliphatic rings. The first kappa shape index (κ1) is 14.9. The zero-order chi connectivity index (χ0) is 15.1. The number of allylic oxidation sites excluding steroid dienone is 1. The van der Waals surface area contributed by atoms with Crippen LogP contribution in [0.1, 0.15) is 31.0 Å². The third-order valence-electron chi connectivity index (χ3n) is 3.03. The summed E-state index contributed by atoms with van der Waals surface area (Å²) in [5.74, 6) is 0. The predicted molar refractivity (Wildman–Crippen MR) is 85.8 cm³/mol. The first-order valence-electron chi connectivity index (χ1n) is 6.97. The van der Waals surface area contributed by atoms with Gasteiger partial charge in [-0.2, -0.15) is 0 Å². The lowest BCUT2D eigenvalue weighted by Crippen LogP contribution is -2.36. The van der Waals surface area contributed by atoms with Gasteiger partial charge in [0.25, 0.3) is 0 Å². The van der Waals surface area contributed by atoms with Gasteiger partial charge in [0.15, 0.2) is 0 Å². The lowest BCUT2D eigenvalue weighted by Gasteiger charge is -2.19. The number of rotatable bonds is 4. The molecule has 0 saturated heterocycles. The fraction of sp³-hybridized carbons (Fsp3) is 0.167. The number of carbonyl (C=O) groups is 1. The van der Waals surface area contributed by atoms with Crippen LogP contribution < -0.4 is 10.6 Å². The van der Waals surface area contributed by atoms with Crippen LogP contribution in [0.25, 0.3) is 0 Å². The fourth-order valence-corrected chi connectivity index (χ4v) is 2.03. The summed E-state index contributed by atoms with van der Waals surface area (Å²) < 4.78 is 0. The molecule has 0 aromatic heterocycles. The van der Waals surface area contributed by atoms with E-state index in [9.17, 15) is 4.79 Å². The Kier molecular flexibility index (Phi) is 5.16. The summed E-state index contributed by atoms with van der Waals surface area (Å²) in [5.41, 5.74) is 3.15. The van der Waals surface area contributed by atoms with Crippen LogP contribution in [0.4, 0.5) is 4.79 Å². The highest BCUT2D eigenvalue weighted by Gasteiger charge is 2.15. The van der Waals surface area contributed by atoms with Gasteiger partial charge in [0.1, 0.15) is 0 Å². The summed E-state index contributed by atoms with van der Waals surface area (Å²) in [7, 11) is 0. The molecule has 2 aromatic rings. The van der Waals surface area contributed by atoms with Crippen molar-refractivity contribution in [3.05, 3.63) is 83.6 Å². The summed E-state index contributed by atoms with van der Waals surface area (Å²) in [4.78, 5) is 12.0. The fourth-order valence-electron chi connectivity index (χ4n) is 2.03. The van der Waals surface area contributed by atoms with Crippen molar-refractivity contribution in [2.45, 2.75) is 19.9 Å². The highest BCUT2D eigenvalue weighted by molar-refractivity contribution is 5.76. The molecule has 0 saturated carbocycles. The molecule has 0 unspecified atom stereocenters. The molecule has 0 bridgehead atoms. The minimum atomic E-state index is -0.214. The molecule has 2 aromatic carbocycles. The van der Waals surface area contributed by atoms with E-state index in [1.54, 1.807) is 6.20 Å². The molecule has 0 spiro atoms. The Labute approximate surface area is 125 Å². The second kappa shape index (κ2) is 7.29. The van der Waals surface area contributed by atoms with E-state index in [1.807, 2.05) is 74.5 Å². The highest BCUT2D eigenvalue weighted by Crippen LogP contribution is 2.21. The second-order valence-electron chi connectivity index (χ2n) is 5.09. The normalized spacial score (nSPS) is 10.0. The number of carbonyl (C=O) groups excluding carboxylic acids is 1. The van der Waals surface area contributed by atoms with Gasteiger partial charge in [-0.05, 0) is 25.0 Å². The van der Waals surface area contributed by atoms with Gasteiger partial charge in [0.05, 0.1) is 6.04 Å². The predicted octanol–water partition coefficient (Wildman–Crippen LogP) is 4.00. The van der Waals surface area contributed by atoms with E-state index in [1.165, 1.54) is 0 Å². The monoisotopic (exact) mass is 280 g/mol. The Balaban J connectivity index is 2.21. The minimum Gasteiger partial charge on any atom is -0.327 e. The third-order valence-corrected chi connectivity index (χ3v) is 3.03. The van der Waals surface area contributed by atoms with Gasteiger partial charge in [-0.3, -0.25) is 0 Å². The van der Waals surface area contributed by atoms with Crippen molar-refractivity contribution >= 4 is 6.03 Å². The van der Waals surface area contributed by atoms with Crippen molar-refractivity contribution < 1.29 is 4.79 Å². The zero-order valence-electron chi connectivity index (χ0n) is 12.3. The van der Waals surface area contributed by atoms with Gasteiger partial charge < -0.3 is 10.6 Å². The molecule has 0 atom stereocenters. The van der Waals surface area contributed by atoms with E-state index >= 15 is 0 Å². The SMILES string of the molecule is CC(C)=CNC(=O)NC(c1ccccc1)c1ccccc1. The number of amides is 2. The summed E-state index contributed by atoms with van der Waals surface area (Å²) in [5, 5.41) is 5.75. The number of hydrogen-bond acceptors (Lipinski definition) is 1. The van der Waals surface area contributed by atoms with Crippen LogP contribution in [-0.4, -0.2) is 6.03 Å². The van der Waals surface area contributed by atoms with Crippen LogP contribution in [0.5, 0.6) is 0 Å². The largest absolute Gasteiger partial charge is 0.327 e. The smallest absolute Gasteiger partial charge is 0.319 e. The lowest BCUT2D eigenvalue weighted by atomic mass is 9.99. The van der Waals surface area contributed by atoms with Gasteiger partial charge in [-0.1, -0.05) is 66.2 Å². The number of benzene rings is 2. The number of urea groups is 1. The average molecular weight is 280 g/mol. The van der Waals surface area contributed by atoms with Crippen LogP contribution in [0.15, 0.2) is 72.4 Å². The Bertz CT molecular complexity index is 562. The van der Waals surface area contributed by atoms with Crippen LogP contribution in [-0.2, 0) is 0 Å². The average Bonchev–Trinajstić information content (AvgIpc) is 2.52. The summed E-state index contributed by atoms with van der Waals surface area (Å²) in [6.45, 7) is 3.87. The van der Waals surface area contributed by atoms with E-state index in [4.69, 9.17) is 0 Å². The van der Waals surface area contributed by atoms with Crippen molar-refractivity contribution in [1.82, 2.24) is 10.6 Å². The molecule has 0 aliphatic heterocycles. The molecule has 2 amide bonds. The van der Waals surface area contributed by atoms with Gasteiger partial charge >= 0.3 is 6.03 Å². The Morgan fingerprint density at radius 1 is 0.905 bits per heavy atom. The zero-order valence-corrected chi connectivity index (χ0v) is 12.3. The van der Waals surface area contributed by atoms with Gasteiger partial charge in [0, 0.05) is 6.20 Å². The third kappa shape index (κ3) is 4.49. The molecule has 108 valence electrons. The molecule has 0 heterocycles. The molecule has 3 heteroatoms. The molecule has 0 fully saturated rings. The maximum Gasteiger partial charge on any atom is 0.319 e. The molecular formula is C18H20N2O. The summed E-state index contributed by atoms with van der Waals surface area (Å²) in [6.07, 6.45) is 1.70. The first-order chi connectivity index (χ1) is 10.2. The highest BCUT2D eigenvalue weighted by atomic mass is 16.2. The maximum absolute atomic E-state index is 12.0. The minimum absolute atomic E-state index is 0.169. The van der Waals surface area contributed by atoms with Gasteiger partial charge in [-0.15, -0.1) is 0 Å². The Morgan fingerprint density at radius 2 is 1.38 bits per heavy atom. The molecule has 0 aliphatic carbocycles. The first-order valence-corrected chi connectivity index (χ1v) is 6.97. The van der Waals surface area contributed by atoms with E-state index in [0.717, 1.165) is 16.7 Å². The van der Waals surface area contributed by atoms with Crippen molar-refractivity contribution in [1.29, 1.82) is 0 Å². The number of hydrogen-bond donors (Lipinski definition) is 2. The number of nitrogens with one attached hydrogen (secondary N) is 2. The van der Waals surface area contributed by atoms with Crippen LogP contribution >= 0.6 is 0 Å². The Morgan fingerprint density at radius 3 is 1.81 bits per heavy atom. The van der Waals surface area contributed by atoms with E-state index in [-0.39, 0.29) is 12.1 Å². The van der Waals surface area contributed by atoms with E-state index in [2.05, 4.69) is 10.6 Å². The lowest BCUT2D eigenvalue weighted by molar-refractivity contribution is 0.242. The molecule has 3 nitrogen and oxygen atoms in total. The summed E-state index contributed by atoms with van der Waals surface area (Å²) in [6, 6.07) is 19.5. The molecule has 21 heavy (non-hydrogen) atoms. The standard InChI is InChI=1S/C18H20N2O/c1-14(2)13-19-18(21)20-17(15-9-5-3-6-10-15)16-11-7-4-8-12-16/h3-13,17H,1-2H3,(H2,19,20,21). The van der Waals surface area contributed by atoms with Gasteiger partial charge in [0.2, 0.25) is 0 Å². The molecule has 2 rings (SSSR count). The summed E-state index contributed by atoms with van der Waals surface area (Å²) >= 11 is 0. The van der Waals surface area contributed by atoms with Crippen molar-refractivity contribution in [2.75, 3.05) is 0 Å². The molecular weight excluding hydrogens is 260 g/mol. The van der Waals surface area contributed by atoms with Crippen molar-refractivity contribution in [3.63, 3.8) is 0 Å². The van der Waals surface area contributed by atoms with Crippen LogP contribution in [0.2, 0.25) is 0 Å². The van der Waals surface area contributed by atoms with E-state index in [0.29, 0.717) is 0 Å².